The molecule has 26 heavy (non-hydrogen) atoms. The van der Waals surface area contributed by atoms with Crippen LogP contribution in [0.15, 0.2) is 48.7 Å². The van der Waals surface area contributed by atoms with Gasteiger partial charge in [-0.1, -0.05) is 24.3 Å². The highest BCUT2D eigenvalue weighted by molar-refractivity contribution is 5.89. The molecule has 1 aromatic carbocycles. The molecule has 1 saturated heterocycles. The fourth-order valence-corrected chi connectivity index (χ4v) is 2.80. The Bertz CT molecular complexity index is 729. The van der Waals surface area contributed by atoms with Gasteiger partial charge in [-0.3, -0.25) is 4.98 Å². The van der Waals surface area contributed by atoms with Crippen LogP contribution in [0.1, 0.15) is 17.7 Å². The number of nitrogens with two attached hydrogens (primary N) is 1. The number of nitrogens with one attached hydrogen (secondary N) is 1. The second kappa shape index (κ2) is 9.12. The summed E-state index contributed by atoms with van der Waals surface area (Å²) in [5.74, 6) is 0. The van der Waals surface area contributed by atoms with E-state index in [-0.39, 0.29) is 12.1 Å². The lowest BCUT2D eigenvalue weighted by molar-refractivity contribution is -0.0146. The van der Waals surface area contributed by atoms with E-state index >= 15 is 0 Å². The van der Waals surface area contributed by atoms with Gasteiger partial charge < -0.3 is 20.7 Å². The van der Waals surface area contributed by atoms with Crippen molar-refractivity contribution in [2.24, 2.45) is 5.73 Å². The minimum Gasteiger partial charge on any atom is -0.374 e. The minimum absolute atomic E-state index is 0.0265. The van der Waals surface area contributed by atoms with Gasteiger partial charge in [-0.2, -0.15) is 0 Å². The van der Waals surface area contributed by atoms with Crippen molar-refractivity contribution in [3.8, 4) is 0 Å². The summed E-state index contributed by atoms with van der Waals surface area (Å²) in [5.41, 5.74) is 8.29. The molecule has 1 fully saturated rings. The number of hydrogen-bond donors (Lipinski definition) is 2. The maximum Gasteiger partial charge on any atom is 0.322 e. The number of carbonyl (C=O) groups is 1. The monoisotopic (exact) mass is 352 g/mol. The van der Waals surface area contributed by atoms with E-state index in [1.165, 1.54) is 0 Å². The number of anilines is 1. The molecule has 6 heteroatoms. The first kappa shape index (κ1) is 18.1. The van der Waals surface area contributed by atoms with Crippen molar-refractivity contribution in [2.45, 2.75) is 12.5 Å². The van der Waals surface area contributed by atoms with Gasteiger partial charge in [-0.25, -0.2) is 4.79 Å². The van der Waals surface area contributed by atoms with Gasteiger partial charge >= 0.3 is 6.03 Å². The average molecular weight is 352 g/mol. The quantitative estimate of drug-likeness (QED) is 0.867. The molecule has 1 aliphatic heterocycles. The molecule has 2 aromatic rings. The van der Waals surface area contributed by atoms with E-state index in [1.54, 1.807) is 11.1 Å². The van der Waals surface area contributed by atoms with Crippen molar-refractivity contribution in [1.82, 2.24) is 9.88 Å². The Hall–Kier alpha value is -2.70. The van der Waals surface area contributed by atoms with Crippen LogP contribution >= 0.6 is 0 Å². The van der Waals surface area contributed by atoms with Gasteiger partial charge in [0.2, 0.25) is 0 Å². The highest BCUT2D eigenvalue weighted by Gasteiger charge is 2.23. The molecule has 2 heterocycles. The Balaban J connectivity index is 1.55. The second-order valence-electron chi connectivity index (χ2n) is 6.16. The van der Waals surface area contributed by atoms with Gasteiger partial charge in [0, 0.05) is 25.0 Å². The highest BCUT2D eigenvalue weighted by Crippen LogP contribution is 2.14. The van der Waals surface area contributed by atoms with Crippen LogP contribution < -0.4 is 11.1 Å². The first-order valence-electron chi connectivity index (χ1n) is 8.81. The van der Waals surface area contributed by atoms with Crippen molar-refractivity contribution in [3.05, 3.63) is 59.9 Å². The van der Waals surface area contributed by atoms with Gasteiger partial charge in [0.25, 0.3) is 0 Å². The van der Waals surface area contributed by atoms with E-state index < -0.39 is 0 Å². The number of benzene rings is 1. The number of morpholine rings is 1. The van der Waals surface area contributed by atoms with Gasteiger partial charge in [0.1, 0.15) is 0 Å². The van der Waals surface area contributed by atoms with Gasteiger partial charge in [0.05, 0.1) is 18.4 Å². The van der Waals surface area contributed by atoms with Crippen molar-refractivity contribution < 1.29 is 9.53 Å². The number of hydrogen-bond acceptors (Lipinski definition) is 4. The molecule has 1 aromatic heterocycles. The van der Waals surface area contributed by atoms with E-state index in [0.717, 1.165) is 23.4 Å². The predicted octanol–water partition coefficient (Wildman–Crippen LogP) is 2.83. The third-order valence-electron chi connectivity index (χ3n) is 4.21. The number of nitrogens with zero attached hydrogens (tertiary/aromatic N) is 2. The predicted molar refractivity (Wildman–Crippen MR) is 104 cm³/mol. The maximum atomic E-state index is 12.4. The molecule has 0 bridgehead atoms. The average Bonchev–Trinajstić information content (AvgIpc) is 2.69. The Kier molecular flexibility index (Phi) is 6.35. The number of aromatic nitrogens is 1. The molecule has 3 N–H and O–H groups in total. The van der Waals surface area contributed by atoms with Crippen LogP contribution in [0.4, 0.5) is 10.5 Å². The third-order valence-corrected chi connectivity index (χ3v) is 4.21. The molecule has 1 unspecified atom stereocenters. The first-order valence-corrected chi connectivity index (χ1v) is 8.81. The maximum absolute atomic E-state index is 12.4. The summed E-state index contributed by atoms with van der Waals surface area (Å²) >= 11 is 0. The first-order chi connectivity index (χ1) is 12.7. The number of rotatable bonds is 5. The standard InChI is InChI=1S/C20H24N4O2/c21-11-10-19-15-24(13-14-26-19)20(25)23-18-8-5-16(6-9-18)4-7-17-3-1-2-12-22-17/h1-9,12,19H,10-11,13-15,21H2,(H,23,25)/b7-4+. The molecular formula is C20H24N4O2. The van der Waals surface area contributed by atoms with E-state index in [2.05, 4.69) is 10.3 Å². The summed E-state index contributed by atoms with van der Waals surface area (Å²) < 4.78 is 5.61. The van der Waals surface area contributed by atoms with Crippen LogP contribution in [0.5, 0.6) is 0 Å². The fourth-order valence-electron chi connectivity index (χ4n) is 2.80. The number of urea groups is 1. The van der Waals surface area contributed by atoms with Crippen molar-refractivity contribution in [1.29, 1.82) is 0 Å². The Morgan fingerprint density at radius 1 is 1.27 bits per heavy atom. The summed E-state index contributed by atoms with van der Waals surface area (Å²) in [6.45, 7) is 2.29. The number of ether oxygens (including phenoxy) is 1. The third kappa shape index (κ3) is 5.15. The van der Waals surface area contributed by atoms with Crippen molar-refractivity contribution in [3.63, 3.8) is 0 Å². The van der Waals surface area contributed by atoms with Gasteiger partial charge in [-0.15, -0.1) is 0 Å². The molecule has 1 atom stereocenters. The van der Waals surface area contributed by atoms with Crippen LogP contribution in [0.25, 0.3) is 12.2 Å². The minimum atomic E-state index is -0.105. The molecule has 2 amide bonds. The number of carbonyl (C=O) groups excluding carboxylic acids is 1. The lowest BCUT2D eigenvalue weighted by atomic mass is 10.2. The van der Waals surface area contributed by atoms with Crippen LogP contribution in [-0.4, -0.2) is 48.3 Å². The number of amides is 2. The molecule has 3 rings (SSSR count). The summed E-state index contributed by atoms with van der Waals surface area (Å²) in [5, 5.41) is 2.94. The van der Waals surface area contributed by atoms with E-state index in [9.17, 15) is 4.79 Å². The normalized spacial score (nSPS) is 17.4. The Labute approximate surface area is 153 Å². The fraction of sp³-hybridized carbons (Fsp3) is 0.300. The van der Waals surface area contributed by atoms with Gasteiger partial charge in [0.15, 0.2) is 0 Å². The molecule has 0 radical (unpaired) electrons. The largest absolute Gasteiger partial charge is 0.374 e. The molecule has 6 nitrogen and oxygen atoms in total. The zero-order valence-corrected chi connectivity index (χ0v) is 14.7. The number of pyridine rings is 1. The van der Waals surface area contributed by atoms with E-state index in [4.69, 9.17) is 10.5 Å². The summed E-state index contributed by atoms with van der Waals surface area (Å²) in [4.78, 5) is 18.4. The zero-order chi connectivity index (χ0) is 18.2. The van der Waals surface area contributed by atoms with Crippen LogP contribution in [0.3, 0.4) is 0 Å². The topological polar surface area (TPSA) is 80.5 Å². The lowest BCUT2D eigenvalue weighted by Crippen LogP contribution is -2.47. The molecule has 136 valence electrons. The molecule has 0 saturated carbocycles. The van der Waals surface area contributed by atoms with Crippen molar-refractivity contribution in [2.75, 3.05) is 31.6 Å². The zero-order valence-electron chi connectivity index (χ0n) is 14.7. The van der Waals surface area contributed by atoms with Crippen molar-refractivity contribution >= 4 is 23.9 Å². The van der Waals surface area contributed by atoms with Crippen LogP contribution in [0.2, 0.25) is 0 Å². The Morgan fingerprint density at radius 3 is 2.85 bits per heavy atom. The molecule has 1 aliphatic rings. The van der Waals surface area contributed by atoms with E-state index in [1.807, 2.05) is 54.6 Å². The SMILES string of the molecule is NCCC1CN(C(=O)Nc2ccc(/C=C/c3ccccn3)cc2)CCO1. The smallest absolute Gasteiger partial charge is 0.322 e. The lowest BCUT2D eigenvalue weighted by Gasteiger charge is -2.32. The summed E-state index contributed by atoms with van der Waals surface area (Å²) in [6.07, 6.45) is 6.51. The summed E-state index contributed by atoms with van der Waals surface area (Å²) in [7, 11) is 0. The molecule has 0 spiro atoms. The van der Waals surface area contributed by atoms with E-state index in [0.29, 0.717) is 26.2 Å². The van der Waals surface area contributed by atoms with Crippen LogP contribution in [-0.2, 0) is 4.74 Å². The molecular weight excluding hydrogens is 328 g/mol. The van der Waals surface area contributed by atoms with Crippen LogP contribution in [0, 0.1) is 0 Å². The highest BCUT2D eigenvalue weighted by atomic mass is 16.5. The summed E-state index contributed by atoms with van der Waals surface area (Å²) in [6, 6.07) is 13.4. The molecule has 0 aliphatic carbocycles. The second-order valence-corrected chi connectivity index (χ2v) is 6.16. The van der Waals surface area contributed by atoms with Gasteiger partial charge in [-0.05, 0) is 48.9 Å². The Morgan fingerprint density at radius 2 is 2.12 bits per heavy atom.